The van der Waals surface area contributed by atoms with Gasteiger partial charge in [-0.2, -0.15) is 0 Å². The van der Waals surface area contributed by atoms with Crippen LogP contribution in [0.5, 0.6) is 23.0 Å². The Morgan fingerprint density at radius 3 is 2.29 bits per heavy atom. The molecule has 24 heavy (non-hydrogen) atoms. The number of aryl methyl sites for hydroxylation is 2. The van der Waals surface area contributed by atoms with E-state index in [2.05, 4.69) is 4.74 Å². The van der Waals surface area contributed by atoms with E-state index in [1.807, 2.05) is 0 Å². The minimum Gasteiger partial charge on any atom is -0.504 e. The van der Waals surface area contributed by atoms with Gasteiger partial charge in [-0.15, -0.1) is 0 Å². The number of hydrogen-bond donors (Lipinski definition) is 3. The molecule has 0 spiro atoms. The summed E-state index contributed by atoms with van der Waals surface area (Å²) in [7, 11) is 1.16. The smallest absolute Gasteiger partial charge is 0.339 e. The molecule has 0 amide bonds. The summed E-state index contributed by atoms with van der Waals surface area (Å²) in [6, 6.07) is 5.44. The molecule has 0 bridgehead atoms. The van der Waals surface area contributed by atoms with Crippen molar-refractivity contribution < 1.29 is 34.4 Å². The maximum absolute atomic E-state index is 11.8. The zero-order chi connectivity index (χ0) is 18.0. The molecule has 0 aliphatic heterocycles. The Kier molecular flexibility index (Phi) is 4.64. The first-order valence-electron chi connectivity index (χ1n) is 6.91. The van der Waals surface area contributed by atoms with Crippen molar-refractivity contribution in [1.82, 2.24) is 0 Å². The number of aromatic carboxylic acids is 1. The van der Waals surface area contributed by atoms with Gasteiger partial charge in [0.05, 0.1) is 18.2 Å². The highest BCUT2D eigenvalue weighted by Crippen LogP contribution is 2.39. The van der Waals surface area contributed by atoms with Crippen LogP contribution in [-0.4, -0.2) is 34.4 Å². The largest absolute Gasteiger partial charge is 0.504 e. The van der Waals surface area contributed by atoms with Crippen LogP contribution < -0.4 is 4.74 Å². The highest BCUT2D eigenvalue weighted by atomic mass is 16.5. The minimum absolute atomic E-state index is 0.0333. The number of carboxylic acids is 1. The Bertz CT molecular complexity index is 824. The number of carbonyl (C=O) groups is 2. The highest BCUT2D eigenvalue weighted by molar-refractivity contribution is 6.03. The summed E-state index contributed by atoms with van der Waals surface area (Å²) in [5.74, 6) is -2.85. The molecule has 0 heterocycles. The molecule has 0 atom stereocenters. The van der Waals surface area contributed by atoms with Gasteiger partial charge in [0, 0.05) is 0 Å². The van der Waals surface area contributed by atoms with Crippen molar-refractivity contribution in [2.75, 3.05) is 7.11 Å². The van der Waals surface area contributed by atoms with Crippen LogP contribution in [0.1, 0.15) is 31.8 Å². The number of esters is 1. The molecule has 0 fully saturated rings. The standard InChI is InChI=1S/C17H16O7/c1-8-4-12(18)15(19)13(5-8)24-10-6-9(2)14(17(22)23-3)11(7-10)16(20)21/h4-7,18-19H,1-3H3,(H,20,21). The number of rotatable bonds is 4. The zero-order valence-corrected chi connectivity index (χ0v) is 13.3. The Labute approximate surface area is 137 Å². The molecule has 126 valence electrons. The quantitative estimate of drug-likeness (QED) is 0.582. The van der Waals surface area contributed by atoms with Crippen molar-refractivity contribution in [2.45, 2.75) is 13.8 Å². The van der Waals surface area contributed by atoms with Crippen LogP contribution in [0.15, 0.2) is 24.3 Å². The van der Waals surface area contributed by atoms with Crippen molar-refractivity contribution in [1.29, 1.82) is 0 Å². The lowest BCUT2D eigenvalue weighted by Gasteiger charge is -2.13. The third-order valence-corrected chi connectivity index (χ3v) is 3.36. The molecule has 0 radical (unpaired) electrons. The van der Waals surface area contributed by atoms with Crippen molar-refractivity contribution in [3.63, 3.8) is 0 Å². The van der Waals surface area contributed by atoms with E-state index in [1.165, 1.54) is 18.2 Å². The van der Waals surface area contributed by atoms with Crippen LogP contribution in [-0.2, 0) is 4.74 Å². The summed E-state index contributed by atoms with van der Waals surface area (Å²) >= 11 is 0. The summed E-state index contributed by atoms with van der Waals surface area (Å²) in [5, 5.41) is 28.8. The lowest BCUT2D eigenvalue weighted by atomic mass is 10.0. The van der Waals surface area contributed by atoms with E-state index in [1.54, 1.807) is 13.8 Å². The van der Waals surface area contributed by atoms with Crippen molar-refractivity contribution >= 4 is 11.9 Å². The Balaban J connectivity index is 2.54. The van der Waals surface area contributed by atoms with Gasteiger partial charge < -0.3 is 24.8 Å². The number of ether oxygens (including phenoxy) is 2. The van der Waals surface area contributed by atoms with E-state index < -0.39 is 17.7 Å². The molecule has 0 saturated carbocycles. The van der Waals surface area contributed by atoms with Gasteiger partial charge in [-0.25, -0.2) is 9.59 Å². The second-order valence-electron chi connectivity index (χ2n) is 5.19. The highest BCUT2D eigenvalue weighted by Gasteiger charge is 2.22. The monoisotopic (exact) mass is 332 g/mol. The third-order valence-electron chi connectivity index (χ3n) is 3.36. The van der Waals surface area contributed by atoms with E-state index in [4.69, 9.17) is 4.74 Å². The predicted octanol–water partition coefficient (Wildman–Crippen LogP) is 2.99. The Morgan fingerprint density at radius 1 is 1.04 bits per heavy atom. The molecular formula is C17H16O7. The van der Waals surface area contributed by atoms with Gasteiger partial charge in [-0.05, 0) is 49.2 Å². The second-order valence-corrected chi connectivity index (χ2v) is 5.19. The van der Waals surface area contributed by atoms with Gasteiger partial charge in [0.25, 0.3) is 0 Å². The van der Waals surface area contributed by atoms with E-state index in [0.29, 0.717) is 11.1 Å². The lowest BCUT2D eigenvalue weighted by molar-refractivity contribution is 0.0581. The molecular weight excluding hydrogens is 316 g/mol. The van der Waals surface area contributed by atoms with Gasteiger partial charge in [-0.3, -0.25) is 0 Å². The number of carbonyl (C=O) groups excluding carboxylic acids is 1. The number of aromatic hydroxyl groups is 2. The van der Waals surface area contributed by atoms with Crippen LogP contribution in [0.4, 0.5) is 0 Å². The zero-order valence-electron chi connectivity index (χ0n) is 13.3. The summed E-state index contributed by atoms with van der Waals surface area (Å²) in [6.45, 7) is 3.24. The lowest BCUT2D eigenvalue weighted by Crippen LogP contribution is -2.12. The molecule has 0 aliphatic rings. The van der Waals surface area contributed by atoms with Crippen molar-refractivity contribution in [2.24, 2.45) is 0 Å². The van der Waals surface area contributed by atoms with Crippen LogP contribution in [0, 0.1) is 13.8 Å². The Morgan fingerprint density at radius 2 is 1.71 bits per heavy atom. The molecule has 7 heteroatoms. The molecule has 0 aliphatic carbocycles. The average Bonchev–Trinajstić information content (AvgIpc) is 2.50. The number of methoxy groups -OCH3 is 1. The number of benzene rings is 2. The molecule has 2 aromatic rings. The predicted molar refractivity (Wildman–Crippen MR) is 84.1 cm³/mol. The van der Waals surface area contributed by atoms with Crippen LogP contribution in [0.25, 0.3) is 0 Å². The number of hydrogen-bond acceptors (Lipinski definition) is 6. The first-order valence-corrected chi connectivity index (χ1v) is 6.91. The summed E-state index contributed by atoms with van der Waals surface area (Å²) < 4.78 is 10.1. The number of carboxylic acid groups (broad SMARTS) is 1. The maximum atomic E-state index is 11.8. The molecule has 0 saturated heterocycles. The van der Waals surface area contributed by atoms with Gasteiger partial charge in [0.15, 0.2) is 11.5 Å². The molecule has 3 N–H and O–H groups in total. The van der Waals surface area contributed by atoms with E-state index in [0.717, 1.165) is 13.2 Å². The Hall–Kier alpha value is -3.22. The second kappa shape index (κ2) is 6.49. The maximum Gasteiger partial charge on any atom is 0.339 e. The van der Waals surface area contributed by atoms with Gasteiger partial charge in [-0.1, -0.05) is 0 Å². The number of phenols is 2. The fourth-order valence-electron chi connectivity index (χ4n) is 2.29. The third kappa shape index (κ3) is 3.24. The average molecular weight is 332 g/mol. The normalized spacial score (nSPS) is 10.3. The van der Waals surface area contributed by atoms with Gasteiger partial charge >= 0.3 is 11.9 Å². The topological polar surface area (TPSA) is 113 Å². The summed E-state index contributed by atoms with van der Waals surface area (Å²) in [6.07, 6.45) is 0. The fraction of sp³-hybridized carbons (Fsp3) is 0.176. The minimum atomic E-state index is -1.32. The van der Waals surface area contributed by atoms with E-state index >= 15 is 0 Å². The number of phenolic OH excluding ortho intramolecular Hbond substituents is 2. The van der Waals surface area contributed by atoms with Gasteiger partial charge in [0.2, 0.25) is 5.75 Å². The fourth-order valence-corrected chi connectivity index (χ4v) is 2.29. The van der Waals surface area contributed by atoms with E-state index in [9.17, 15) is 24.9 Å². The SMILES string of the molecule is COC(=O)c1c(C)cc(Oc2cc(C)cc(O)c2O)cc1C(=O)O. The first kappa shape index (κ1) is 17.1. The van der Waals surface area contributed by atoms with Gasteiger partial charge in [0.1, 0.15) is 5.75 Å². The molecule has 2 aromatic carbocycles. The van der Waals surface area contributed by atoms with E-state index in [-0.39, 0.29) is 28.4 Å². The molecule has 2 rings (SSSR count). The van der Waals surface area contributed by atoms with Crippen LogP contribution in [0.2, 0.25) is 0 Å². The molecule has 0 aromatic heterocycles. The molecule has 0 unspecified atom stereocenters. The van der Waals surface area contributed by atoms with Crippen molar-refractivity contribution in [3.8, 4) is 23.0 Å². The van der Waals surface area contributed by atoms with Crippen LogP contribution in [0.3, 0.4) is 0 Å². The summed E-state index contributed by atoms with van der Waals surface area (Å²) in [5.41, 5.74) is 0.622. The van der Waals surface area contributed by atoms with Crippen LogP contribution >= 0.6 is 0 Å². The van der Waals surface area contributed by atoms with Crippen molar-refractivity contribution in [3.05, 3.63) is 46.5 Å². The summed E-state index contributed by atoms with van der Waals surface area (Å²) in [4.78, 5) is 23.2. The molecule has 7 nitrogen and oxygen atoms in total. The first-order chi connectivity index (χ1) is 11.2.